The van der Waals surface area contributed by atoms with Crippen molar-refractivity contribution in [2.45, 2.75) is 13.0 Å². The number of nitrogens with zero attached hydrogens (tertiary/aromatic N) is 1. The summed E-state index contributed by atoms with van der Waals surface area (Å²) >= 11 is 0. The SMILES string of the molecule is OC[C@H]1Cc2ccccc2N(Cc2ccccc2)C1. The van der Waals surface area contributed by atoms with Crippen LogP contribution in [0, 0.1) is 5.92 Å². The van der Waals surface area contributed by atoms with Gasteiger partial charge in [0.15, 0.2) is 0 Å². The number of hydrogen-bond acceptors (Lipinski definition) is 2. The molecular weight excluding hydrogens is 234 g/mol. The van der Waals surface area contributed by atoms with E-state index >= 15 is 0 Å². The molecule has 0 fully saturated rings. The minimum atomic E-state index is 0.264. The lowest BCUT2D eigenvalue weighted by Crippen LogP contribution is -2.36. The molecule has 2 aromatic carbocycles. The first-order valence-electron chi connectivity index (χ1n) is 6.84. The molecule has 1 aliphatic heterocycles. The first-order valence-corrected chi connectivity index (χ1v) is 6.84. The molecule has 2 heteroatoms. The Hall–Kier alpha value is -1.80. The van der Waals surface area contributed by atoms with Crippen molar-refractivity contribution in [1.29, 1.82) is 0 Å². The first-order chi connectivity index (χ1) is 9.36. The Bertz CT molecular complexity index is 538. The molecule has 0 saturated carbocycles. The zero-order chi connectivity index (χ0) is 13.1. The van der Waals surface area contributed by atoms with Gasteiger partial charge in [0.05, 0.1) is 0 Å². The van der Waals surface area contributed by atoms with E-state index in [0.717, 1.165) is 19.5 Å². The van der Waals surface area contributed by atoms with Crippen LogP contribution in [0.2, 0.25) is 0 Å². The standard InChI is InChI=1S/C17H19NO/c19-13-15-10-16-8-4-5-9-17(16)18(12-15)11-14-6-2-1-3-7-14/h1-9,15,19H,10-13H2/t15-/m0/s1. The summed E-state index contributed by atoms with van der Waals surface area (Å²) in [6.07, 6.45) is 0.984. The monoisotopic (exact) mass is 253 g/mol. The second-order valence-electron chi connectivity index (χ2n) is 5.25. The predicted octanol–water partition coefficient (Wildman–Crippen LogP) is 2.86. The summed E-state index contributed by atoms with van der Waals surface area (Å²) in [5.74, 6) is 0.346. The van der Waals surface area contributed by atoms with E-state index in [2.05, 4.69) is 53.4 Å². The minimum absolute atomic E-state index is 0.264. The molecule has 0 saturated heterocycles. The molecule has 0 radical (unpaired) electrons. The number of hydrogen-bond donors (Lipinski definition) is 1. The van der Waals surface area contributed by atoms with Gasteiger partial charge in [0, 0.05) is 31.3 Å². The van der Waals surface area contributed by atoms with Crippen molar-refractivity contribution >= 4 is 5.69 Å². The van der Waals surface area contributed by atoms with Crippen molar-refractivity contribution in [1.82, 2.24) is 0 Å². The quantitative estimate of drug-likeness (QED) is 0.909. The molecule has 98 valence electrons. The van der Waals surface area contributed by atoms with Gasteiger partial charge in [-0.05, 0) is 23.6 Å². The summed E-state index contributed by atoms with van der Waals surface area (Å²) in [6.45, 7) is 2.11. The van der Waals surface area contributed by atoms with Crippen molar-refractivity contribution in [3.05, 3.63) is 65.7 Å². The van der Waals surface area contributed by atoms with E-state index in [4.69, 9.17) is 0 Å². The Morgan fingerprint density at radius 2 is 1.74 bits per heavy atom. The molecule has 1 aliphatic rings. The van der Waals surface area contributed by atoms with E-state index < -0.39 is 0 Å². The van der Waals surface area contributed by atoms with Crippen LogP contribution < -0.4 is 4.90 Å². The second-order valence-corrected chi connectivity index (χ2v) is 5.25. The number of aliphatic hydroxyl groups excluding tert-OH is 1. The Morgan fingerprint density at radius 3 is 2.53 bits per heavy atom. The lowest BCUT2D eigenvalue weighted by molar-refractivity contribution is 0.223. The Labute approximate surface area is 114 Å². The molecule has 0 bridgehead atoms. The highest BCUT2D eigenvalue weighted by molar-refractivity contribution is 5.56. The van der Waals surface area contributed by atoms with Gasteiger partial charge < -0.3 is 10.0 Å². The van der Waals surface area contributed by atoms with Gasteiger partial charge in [-0.25, -0.2) is 0 Å². The van der Waals surface area contributed by atoms with Gasteiger partial charge in [-0.1, -0.05) is 48.5 Å². The van der Waals surface area contributed by atoms with Crippen molar-refractivity contribution in [3.63, 3.8) is 0 Å². The molecule has 19 heavy (non-hydrogen) atoms. The van der Waals surface area contributed by atoms with Gasteiger partial charge in [-0.3, -0.25) is 0 Å². The van der Waals surface area contributed by atoms with Gasteiger partial charge in [-0.15, -0.1) is 0 Å². The zero-order valence-corrected chi connectivity index (χ0v) is 11.0. The van der Waals surface area contributed by atoms with Crippen LogP contribution in [0.3, 0.4) is 0 Å². The maximum Gasteiger partial charge on any atom is 0.0479 e. The fourth-order valence-corrected chi connectivity index (χ4v) is 2.85. The van der Waals surface area contributed by atoms with E-state index in [-0.39, 0.29) is 6.61 Å². The largest absolute Gasteiger partial charge is 0.396 e. The van der Waals surface area contributed by atoms with Crippen LogP contribution in [0.5, 0.6) is 0 Å². The number of anilines is 1. The molecule has 0 aromatic heterocycles. The molecule has 1 atom stereocenters. The zero-order valence-electron chi connectivity index (χ0n) is 11.0. The number of para-hydroxylation sites is 1. The van der Waals surface area contributed by atoms with Gasteiger partial charge in [0.2, 0.25) is 0 Å². The summed E-state index contributed by atoms with van der Waals surface area (Å²) in [5.41, 5.74) is 3.98. The minimum Gasteiger partial charge on any atom is -0.396 e. The fraction of sp³-hybridized carbons (Fsp3) is 0.294. The van der Waals surface area contributed by atoms with Crippen LogP contribution in [0.15, 0.2) is 54.6 Å². The molecule has 1 heterocycles. The van der Waals surface area contributed by atoms with Crippen LogP contribution >= 0.6 is 0 Å². The van der Waals surface area contributed by atoms with Crippen LogP contribution in [-0.4, -0.2) is 18.3 Å². The average Bonchev–Trinajstić information content (AvgIpc) is 2.48. The van der Waals surface area contributed by atoms with Gasteiger partial charge in [0.1, 0.15) is 0 Å². The van der Waals surface area contributed by atoms with E-state index in [1.807, 2.05) is 6.07 Å². The molecule has 2 aromatic rings. The van der Waals surface area contributed by atoms with Crippen LogP contribution in [-0.2, 0) is 13.0 Å². The molecule has 0 amide bonds. The Kier molecular flexibility index (Phi) is 3.51. The smallest absolute Gasteiger partial charge is 0.0479 e. The van der Waals surface area contributed by atoms with E-state index in [1.165, 1.54) is 16.8 Å². The first kappa shape index (κ1) is 12.2. The molecule has 0 aliphatic carbocycles. The maximum absolute atomic E-state index is 9.47. The fourth-order valence-electron chi connectivity index (χ4n) is 2.85. The van der Waals surface area contributed by atoms with Crippen molar-refractivity contribution in [2.24, 2.45) is 5.92 Å². The molecule has 0 unspecified atom stereocenters. The summed E-state index contributed by atoms with van der Waals surface area (Å²) in [7, 11) is 0. The maximum atomic E-state index is 9.47. The molecule has 2 nitrogen and oxygen atoms in total. The van der Waals surface area contributed by atoms with E-state index in [0.29, 0.717) is 5.92 Å². The predicted molar refractivity (Wildman–Crippen MR) is 78.2 cm³/mol. The Morgan fingerprint density at radius 1 is 1.00 bits per heavy atom. The lowest BCUT2D eigenvalue weighted by atomic mass is 9.92. The van der Waals surface area contributed by atoms with Crippen LogP contribution in [0.25, 0.3) is 0 Å². The van der Waals surface area contributed by atoms with E-state index in [1.54, 1.807) is 0 Å². The lowest BCUT2D eigenvalue weighted by Gasteiger charge is -2.35. The summed E-state index contributed by atoms with van der Waals surface area (Å²) in [4.78, 5) is 2.38. The van der Waals surface area contributed by atoms with Crippen LogP contribution in [0.4, 0.5) is 5.69 Å². The molecule has 1 N–H and O–H groups in total. The van der Waals surface area contributed by atoms with Gasteiger partial charge in [-0.2, -0.15) is 0 Å². The average molecular weight is 253 g/mol. The van der Waals surface area contributed by atoms with E-state index in [9.17, 15) is 5.11 Å². The third-order valence-corrected chi connectivity index (χ3v) is 3.79. The molecular formula is C17H19NO. The second kappa shape index (κ2) is 5.45. The normalized spacial score (nSPS) is 18.2. The highest BCUT2D eigenvalue weighted by Gasteiger charge is 2.23. The summed E-state index contributed by atoms with van der Waals surface area (Å²) < 4.78 is 0. The van der Waals surface area contributed by atoms with Gasteiger partial charge in [0.25, 0.3) is 0 Å². The van der Waals surface area contributed by atoms with Gasteiger partial charge >= 0.3 is 0 Å². The van der Waals surface area contributed by atoms with Crippen molar-refractivity contribution in [2.75, 3.05) is 18.1 Å². The number of rotatable bonds is 3. The highest BCUT2D eigenvalue weighted by Crippen LogP contribution is 2.30. The number of fused-ring (bicyclic) bond motifs is 1. The Balaban J connectivity index is 1.88. The summed E-state index contributed by atoms with van der Waals surface area (Å²) in [5, 5.41) is 9.47. The van der Waals surface area contributed by atoms with Crippen molar-refractivity contribution in [3.8, 4) is 0 Å². The topological polar surface area (TPSA) is 23.5 Å². The molecule has 3 rings (SSSR count). The molecule has 0 spiro atoms. The number of aliphatic hydroxyl groups is 1. The number of benzene rings is 2. The van der Waals surface area contributed by atoms with Crippen molar-refractivity contribution < 1.29 is 5.11 Å². The summed E-state index contributed by atoms with van der Waals surface area (Å²) in [6, 6.07) is 19.1. The third kappa shape index (κ3) is 2.64. The van der Waals surface area contributed by atoms with Crippen LogP contribution in [0.1, 0.15) is 11.1 Å². The highest BCUT2D eigenvalue weighted by atomic mass is 16.3. The third-order valence-electron chi connectivity index (χ3n) is 3.79.